The summed E-state index contributed by atoms with van der Waals surface area (Å²) in [6.07, 6.45) is 4.14. The van der Waals surface area contributed by atoms with Gasteiger partial charge >= 0.3 is 0 Å². The highest BCUT2D eigenvalue weighted by atomic mass is 16.1. The molecule has 4 aromatic rings. The van der Waals surface area contributed by atoms with E-state index in [1.54, 1.807) is 12.4 Å². The summed E-state index contributed by atoms with van der Waals surface area (Å²) >= 11 is 0. The van der Waals surface area contributed by atoms with Crippen LogP contribution in [-0.2, 0) is 6.42 Å². The molecule has 4 heterocycles. The zero-order valence-electron chi connectivity index (χ0n) is 15.4. The van der Waals surface area contributed by atoms with E-state index >= 15 is 0 Å². The molecule has 1 aliphatic heterocycles. The number of hydrogen-bond donors (Lipinski definition) is 3. The number of hydrogen-bond acceptors (Lipinski definition) is 6. The van der Waals surface area contributed by atoms with Crippen molar-refractivity contribution in [3.63, 3.8) is 0 Å². The Hall–Kier alpha value is -4.07. The van der Waals surface area contributed by atoms with Crippen LogP contribution in [0.25, 0.3) is 34.0 Å². The topological polar surface area (TPSA) is 122 Å². The van der Waals surface area contributed by atoms with E-state index < -0.39 is 0 Å². The van der Waals surface area contributed by atoms with E-state index in [2.05, 4.69) is 30.2 Å². The highest BCUT2D eigenvalue weighted by molar-refractivity contribution is 5.97. The molecule has 0 radical (unpaired) electrons. The predicted molar refractivity (Wildman–Crippen MR) is 109 cm³/mol. The zero-order valence-corrected chi connectivity index (χ0v) is 15.4. The van der Waals surface area contributed by atoms with Crippen LogP contribution < -0.4 is 11.1 Å². The number of H-pyrrole nitrogens is 1. The van der Waals surface area contributed by atoms with Gasteiger partial charge in [0.15, 0.2) is 5.82 Å². The number of carbonyl (C=O) groups excluding carboxylic acids is 1. The molecule has 0 unspecified atom stereocenters. The largest absolute Gasteiger partial charge is 0.368 e. The van der Waals surface area contributed by atoms with Crippen LogP contribution in [0.2, 0.25) is 0 Å². The zero-order chi connectivity index (χ0) is 19.8. The highest BCUT2D eigenvalue weighted by Gasteiger charge is 2.20. The van der Waals surface area contributed by atoms with E-state index in [9.17, 15) is 4.79 Å². The number of amides is 1. The fourth-order valence-corrected chi connectivity index (χ4v) is 3.40. The first kappa shape index (κ1) is 17.1. The van der Waals surface area contributed by atoms with Crippen molar-refractivity contribution < 1.29 is 4.79 Å². The molecule has 0 spiro atoms. The number of nitrogens with zero attached hydrogens (tertiary/aromatic N) is 4. The van der Waals surface area contributed by atoms with Gasteiger partial charge in [-0.3, -0.25) is 4.79 Å². The molecule has 0 aliphatic carbocycles. The van der Waals surface area contributed by atoms with Gasteiger partial charge in [-0.05, 0) is 18.2 Å². The number of aromatic nitrogens is 5. The molecule has 0 atom stereocenters. The first-order valence-electron chi connectivity index (χ1n) is 9.20. The maximum atomic E-state index is 12.0. The number of nitrogens with one attached hydrogen (secondary N) is 2. The predicted octanol–water partition coefficient (Wildman–Crippen LogP) is 2.46. The molecule has 1 aliphatic rings. The molecule has 1 aromatic carbocycles. The van der Waals surface area contributed by atoms with E-state index in [1.807, 2.05) is 42.5 Å². The van der Waals surface area contributed by atoms with Crippen LogP contribution >= 0.6 is 0 Å². The van der Waals surface area contributed by atoms with Gasteiger partial charge in [-0.2, -0.15) is 0 Å². The Kier molecular flexibility index (Phi) is 4.02. The summed E-state index contributed by atoms with van der Waals surface area (Å²) < 4.78 is 0. The van der Waals surface area contributed by atoms with Crippen molar-refractivity contribution in [1.82, 2.24) is 30.2 Å². The number of nitrogen functional groups attached to an aromatic ring is 1. The molecule has 0 bridgehead atoms. The van der Waals surface area contributed by atoms with E-state index in [-0.39, 0.29) is 11.9 Å². The van der Waals surface area contributed by atoms with Crippen LogP contribution in [0.15, 0.2) is 54.9 Å². The maximum absolute atomic E-state index is 12.0. The Labute approximate surface area is 166 Å². The number of benzene rings is 1. The summed E-state index contributed by atoms with van der Waals surface area (Å²) in [7, 11) is 0. The van der Waals surface area contributed by atoms with E-state index in [4.69, 9.17) is 5.73 Å². The quantitative estimate of drug-likeness (QED) is 0.499. The fraction of sp³-hybridized carbons (Fsp3) is 0.0952. The molecular formula is C21H17N7O. The van der Waals surface area contributed by atoms with Gasteiger partial charge in [0.05, 0.1) is 22.6 Å². The van der Waals surface area contributed by atoms with Crippen LogP contribution in [0.4, 0.5) is 5.95 Å². The third kappa shape index (κ3) is 3.20. The van der Waals surface area contributed by atoms with Crippen LogP contribution in [-0.4, -0.2) is 37.4 Å². The molecule has 29 heavy (non-hydrogen) atoms. The number of aromatic amines is 1. The fourth-order valence-electron chi connectivity index (χ4n) is 3.40. The van der Waals surface area contributed by atoms with E-state index in [0.29, 0.717) is 17.9 Å². The Morgan fingerprint density at radius 3 is 2.45 bits per heavy atom. The summed E-state index contributed by atoms with van der Waals surface area (Å²) in [4.78, 5) is 32.6. The number of fused-ring (bicyclic) bond motifs is 1. The van der Waals surface area contributed by atoms with Crippen molar-refractivity contribution in [3.05, 3.63) is 66.1 Å². The van der Waals surface area contributed by atoms with Gasteiger partial charge < -0.3 is 16.0 Å². The monoisotopic (exact) mass is 383 g/mol. The number of anilines is 1. The number of rotatable bonds is 3. The van der Waals surface area contributed by atoms with Gasteiger partial charge in [0.2, 0.25) is 5.95 Å². The molecule has 0 saturated heterocycles. The molecule has 142 valence electrons. The van der Waals surface area contributed by atoms with E-state index in [0.717, 1.165) is 40.3 Å². The van der Waals surface area contributed by atoms with Crippen molar-refractivity contribution in [1.29, 1.82) is 0 Å². The molecule has 1 amide bonds. The first-order chi connectivity index (χ1) is 14.2. The van der Waals surface area contributed by atoms with Gasteiger partial charge in [-0.25, -0.2) is 19.9 Å². The second-order valence-corrected chi connectivity index (χ2v) is 6.72. The van der Waals surface area contributed by atoms with Gasteiger partial charge in [-0.15, -0.1) is 0 Å². The molecule has 4 N–H and O–H groups in total. The minimum absolute atomic E-state index is 0.0519. The van der Waals surface area contributed by atoms with Crippen molar-refractivity contribution in [2.24, 2.45) is 0 Å². The maximum Gasteiger partial charge on any atom is 0.253 e. The Morgan fingerprint density at radius 2 is 1.66 bits per heavy atom. The summed E-state index contributed by atoms with van der Waals surface area (Å²) in [6, 6.07) is 13.3. The Balaban J connectivity index is 1.46. The van der Waals surface area contributed by atoms with Crippen molar-refractivity contribution >= 4 is 11.9 Å². The summed E-state index contributed by atoms with van der Waals surface area (Å²) in [5.41, 5.74) is 11.4. The number of carbonyl (C=O) groups is 1. The second kappa shape index (κ2) is 6.83. The summed E-state index contributed by atoms with van der Waals surface area (Å²) in [6.45, 7) is 0.644. The lowest BCUT2D eigenvalue weighted by molar-refractivity contribution is 0.0946. The minimum Gasteiger partial charge on any atom is -0.368 e. The highest BCUT2D eigenvalue weighted by Crippen LogP contribution is 2.26. The third-order valence-electron chi connectivity index (χ3n) is 4.85. The average Bonchev–Trinajstić information content (AvgIpc) is 3.20. The number of nitrogens with two attached hydrogens (primary N) is 1. The van der Waals surface area contributed by atoms with Crippen LogP contribution in [0, 0.1) is 0 Å². The molecule has 3 aromatic heterocycles. The van der Waals surface area contributed by atoms with Crippen molar-refractivity contribution in [2.75, 3.05) is 12.3 Å². The SMILES string of the molecule is Nc1nccc(-c2ccc(-c3nccc(-c4cc5c([nH]4)CCNC5=O)n3)cc2)n1. The summed E-state index contributed by atoms with van der Waals surface area (Å²) in [5.74, 6) is 0.794. The summed E-state index contributed by atoms with van der Waals surface area (Å²) in [5, 5.41) is 2.85. The van der Waals surface area contributed by atoms with E-state index in [1.165, 1.54) is 0 Å². The van der Waals surface area contributed by atoms with Crippen LogP contribution in [0.1, 0.15) is 16.1 Å². The molecule has 8 nitrogen and oxygen atoms in total. The standard InChI is InChI=1S/C21H17N7O/c22-21-25-10-5-15(28-21)12-1-3-13(4-2-12)19-23-8-7-17(27-19)18-11-14-16(26-18)6-9-24-20(14)29/h1-5,7-8,10-11,26H,6,9H2,(H,24,29)(H2,22,25,28). The molecule has 0 fully saturated rings. The smallest absolute Gasteiger partial charge is 0.253 e. The van der Waals surface area contributed by atoms with Gasteiger partial charge in [-0.1, -0.05) is 24.3 Å². The third-order valence-corrected chi connectivity index (χ3v) is 4.85. The van der Waals surface area contributed by atoms with Crippen molar-refractivity contribution in [3.8, 4) is 34.0 Å². The molecular weight excluding hydrogens is 366 g/mol. The minimum atomic E-state index is -0.0519. The van der Waals surface area contributed by atoms with Crippen molar-refractivity contribution in [2.45, 2.75) is 6.42 Å². The molecule has 8 heteroatoms. The van der Waals surface area contributed by atoms with Gasteiger partial charge in [0, 0.05) is 42.2 Å². The van der Waals surface area contributed by atoms with Crippen LogP contribution in [0.3, 0.4) is 0 Å². The Morgan fingerprint density at radius 1 is 0.897 bits per heavy atom. The average molecular weight is 383 g/mol. The van der Waals surface area contributed by atoms with Gasteiger partial charge in [0.1, 0.15) is 0 Å². The lowest BCUT2D eigenvalue weighted by atomic mass is 10.1. The first-order valence-corrected chi connectivity index (χ1v) is 9.20. The second-order valence-electron chi connectivity index (χ2n) is 6.72. The molecule has 5 rings (SSSR count). The lowest BCUT2D eigenvalue weighted by Gasteiger charge is -2.10. The lowest BCUT2D eigenvalue weighted by Crippen LogP contribution is -2.31. The van der Waals surface area contributed by atoms with Gasteiger partial charge in [0.25, 0.3) is 5.91 Å². The Bertz CT molecular complexity index is 1210. The van der Waals surface area contributed by atoms with Crippen LogP contribution in [0.5, 0.6) is 0 Å². The normalized spacial score (nSPS) is 13.0. The molecule has 0 saturated carbocycles.